The van der Waals surface area contributed by atoms with E-state index < -0.39 is 17.8 Å². The van der Waals surface area contributed by atoms with Crippen molar-refractivity contribution < 1.29 is 23.4 Å². The minimum absolute atomic E-state index is 0.0657. The van der Waals surface area contributed by atoms with E-state index in [0.717, 1.165) is 58.6 Å². The van der Waals surface area contributed by atoms with Crippen LogP contribution in [0.3, 0.4) is 0 Å². The maximum Gasteiger partial charge on any atom is 0.307 e. The van der Waals surface area contributed by atoms with Crippen molar-refractivity contribution in [2.24, 2.45) is 5.92 Å². The molecule has 1 N–H and O–H groups in total. The number of hydrogen-bond donors (Lipinski definition) is 1. The summed E-state index contributed by atoms with van der Waals surface area (Å²) in [7, 11) is 0. The summed E-state index contributed by atoms with van der Waals surface area (Å²) in [6, 6.07) is 17.5. The van der Waals surface area contributed by atoms with E-state index >= 15 is 0 Å². The standard InChI is InChI=1S/C33H36F2N4O3/c1-22-7-10-24(36-18-22)20-42-26-13-14-29-30(17-26)39(31(37-29)27-5-2-3-6-28(27)32(40)41)19-23-8-11-25(12-9-23)38-16-4-15-33(34,35)21-38/h7-14,17-18,27-28H,2-6,15-16,19-21H2,1H3,(H,40,41)/t27-,28+/m0/s1. The van der Waals surface area contributed by atoms with Crippen molar-refractivity contribution >= 4 is 22.7 Å². The van der Waals surface area contributed by atoms with Gasteiger partial charge in [-0.25, -0.2) is 13.8 Å². The molecule has 0 unspecified atom stereocenters. The maximum absolute atomic E-state index is 14.0. The number of anilines is 1. The van der Waals surface area contributed by atoms with Crippen molar-refractivity contribution in [3.05, 3.63) is 83.4 Å². The highest BCUT2D eigenvalue weighted by atomic mass is 19.3. The molecule has 6 rings (SSSR count). The number of aliphatic carboxylic acids is 1. The minimum atomic E-state index is -2.67. The lowest BCUT2D eigenvalue weighted by Crippen LogP contribution is -2.42. The van der Waals surface area contributed by atoms with Crippen LogP contribution < -0.4 is 9.64 Å². The van der Waals surface area contributed by atoms with Crippen molar-refractivity contribution in [3.63, 3.8) is 0 Å². The monoisotopic (exact) mass is 574 g/mol. The van der Waals surface area contributed by atoms with E-state index in [0.29, 0.717) is 38.3 Å². The van der Waals surface area contributed by atoms with Gasteiger partial charge in [0.2, 0.25) is 0 Å². The summed E-state index contributed by atoms with van der Waals surface area (Å²) < 4.78 is 36.3. The van der Waals surface area contributed by atoms with Crippen molar-refractivity contribution in [1.82, 2.24) is 14.5 Å². The predicted octanol–water partition coefficient (Wildman–Crippen LogP) is 6.96. The van der Waals surface area contributed by atoms with E-state index in [9.17, 15) is 18.7 Å². The van der Waals surface area contributed by atoms with Gasteiger partial charge in [0.1, 0.15) is 18.2 Å². The molecule has 7 nitrogen and oxygen atoms in total. The van der Waals surface area contributed by atoms with Crippen LogP contribution in [0, 0.1) is 12.8 Å². The second-order valence-electron chi connectivity index (χ2n) is 11.7. The maximum atomic E-state index is 14.0. The number of imidazole rings is 1. The molecule has 220 valence electrons. The zero-order valence-corrected chi connectivity index (χ0v) is 23.8. The molecule has 0 spiro atoms. The van der Waals surface area contributed by atoms with Gasteiger partial charge in [-0.15, -0.1) is 0 Å². The molecular formula is C33H36F2N4O3. The molecule has 9 heteroatoms. The number of fused-ring (bicyclic) bond motifs is 1. The Morgan fingerprint density at radius 3 is 2.62 bits per heavy atom. The zero-order chi connectivity index (χ0) is 29.3. The molecule has 0 radical (unpaired) electrons. The van der Waals surface area contributed by atoms with Crippen molar-refractivity contribution in [2.45, 2.75) is 70.4 Å². The largest absolute Gasteiger partial charge is 0.487 e. The zero-order valence-electron chi connectivity index (χ0n) is 23.8. The molecule has 4 aromatic rings. The fourth-order valence-corrected chi connectivity index (χ4v) is 6.32. The summed E-state index contributed by atoms with van der Waals surface area (Å²) in [5.74, 6) is -2.68. The summed E-state index contributed by atoms with van der Waals surface area (Å²) in [6.45, 7) is 3.15. The Hall–Kier alpha value is -4.01. The molecule has 1 aliphatic heterocycles. The van der Waals surface area contributed by atoms with Crippen molar-refractivity contribution in [2.75, 3.05) is 18.0 Å². The van der Waals surface area contributed by atoms with Crippen LogP contribution in [0.25, 0.3) is 11.0 Å². The van der Waals surface area contributed by atoms with Gasteiger partial charge >= 0.3 is 5.97 Å². The average Bonchev–Trinajstić information content (AvgIpc) is 3.34. The number of piperidine rings is 1. The van der Waals surface area contributed by atoms with Gasteiger partial charge < -0.3 is 19.3 Å². The molecule has 2 aromatic carbocycles. The lowest BCUT2D eigenvalue weighted by Gasteiger charge is -2.34. The van der Waals surface area contributed by atoms with Crippen LogP contribution in [0.5, 0.6) is 5.75 Å². The summed E-state index contributed by atoms with van der Waals surface area (Å²) >= 11 is 0. The van der Waals surface area contributed by atoms with Crippen LogP contribution in [0.4, 0.5) is 14.5 Å². The molecular weight excluding hydrogens is 538 g/mol. The molecule has 1 aliphatic carbocycles. The first-order valence-corrected chi connectivity index (χ1v) is 14.7. The smallest absolute Gasteiger partial charge is 0.307 e. The number of benzene rings is 2. The summed E-state index contributed by atoms with van der Waals surface area (Å²) in [5, 5.41) is 10.0. The minimum Gasteiger partial charge on any atom is -0.487 e. The van der Waals surface area contributed by atoms with Crippen LogP contribution in [-0.4, -0.2) is 44.6 Å². The van der Waals surface area contributed by atoms with Gasteiger partial charge in [-0.05, 0) is 67.6 Å². The van der Waals surface area contributed by atoms with E-state index in [-0.39, 0.29) is 18.9 Å². The quantitative estimate of drug-likeness (QED) is 0.245. The molecule has 0 amide bonds. The fraction of sp³-hybridized carbons (Fsp3) is 0.424. The number of hydrogen-bond acceptors (Lipinski definition) is 5. The van der Waals surface area contributed by atoms with Crippen LogP contribution in [-0.2, 0) is 17.9 Å². The Balaban J connectivity index is 1.32. The number of rotatable bonds is 8. The van der Waals surface area contributed by atoms with Crippen molar-refractivity contribution in [1.29, 1.82) is 0 Å². The molecule has 3 heterocycles. The van der Waals surface area contributed by atoms with E-state index in [4.69, 9.17) is 9.72 Å². The van der Waals surface area contributed by atoms with E-state index in [2.05, 4.69) is 9.55 Å². The normalized spacial score (nSPS) is 20.5. The van der Waals surface area contributed by atoms with Crippen LogP contribution >= 0.6 is 0 Å². The van der Waals surface area contributed by atoms with Gasteiger partial charge in [0.15, 0.2) is 0 Å². The van der Waals surface area contributed by atoms with Crippen LogP contribution in [0.15, 0.2) is 60.8 Å². The second-order valence-corrected chi connectivity index (χ2v) is 11.7. The third-order valence-corrected chi connectivity index (χ3v) is 8.56. The SMILES string of the molecule is Cc1ccc(COc2ccc3nc([C@H]4CCCC[C@H]4C(=O)O)n(Cc4ccc(N5CCCC(F)(F)C5)cc4)c3c2)nc1. The number of halogens is 2. The summed E-state index contributed by atoms with van der Waals surface area (Å²) in [4.78, 5) is 23.4. The number of carboxylic acid groups (broad SMARTS) is 1. The number of carbonyl (C=O) groups is 1. The number of carboxylic acids is 1. The molecule has 2 atom stereocenters. The van der Waals surface area contributed by atoms with Gasteiger partial charge in [0.25, 0.3) is 5.92 Å². The Bertz CT molecular complexity index is 1550. The third-order valence-electron chi connectivity index (χ3n) is 8.56. The first-order valence-electron chi connectivity index (χ1n) is 14.7. The average molecular weight is 575 g/mol. The number of nitrogens with zero attached hydrogens (tertiary/aromatic N) is 4. The lowest BCUT2D eigenvalue weighted by molar-refractivity contribution is -0.143. The molecule has 2 aliphatic rings. The van der Waals surface area contributed by atoms with E-state index in [1.807, 2.05) is 67.7 Å². The molecule has 0 bridgehead atoms. The number of aromatic nitrogens is 3. The number of alkyl halides is 2. The number of ether oxygens (including phenoxy) is 1. The molecule has 1 saturated heterocycles. The van der Waals surface area contributed by atoms with Crippen LogP contribution in [0.2, 0.25) is 0 Å². The van der Waals surface area contributed by atoms with Gasteiger partial charge in [-0.1, -0.05) is 31.0 Å². The van der Waals surface area contributed by atoms with Gasteiger partial charge in [0.05, 0.1) is 29.2 Å². The lowest BCUT2D eigenvalue weighted by atomic mass is 9.78. The fourth-order valence-electron chi connectivity index (χ4n) is 6.32. The number of aryl methyl sites for hydroxylation is 1. The number of pyridine rings is 1. The van der Waals surface area contributed by atoms with Gasteiger partial charge in [0, 0.05) is 43.4 Å². The molecule has 1 saturated carbocycles. The Labute approximate surface area is 244 Å². The Kier molecular flexibility index (Phi) is 7.84. The topological polar surface area (TPSA) is 80.5 Å². The second kappa shape index (κ2) is 11.7. The molecule has 42 heavy (non-hydrogen) atoms. The van der Waals surface area contributed by atoms with Gasteiger partial charge in [-0.2, -0.15) is 0 Å². The van der Waals surface area contributed by atoms with Crippen molar-refractivity contribution in [3.8, 4) is 5.75 Å². The van der Waals surface area contributed by atoms with E-state index in [1.165, 1.54) is 0 Å². The highest BCUT2D eigenvalue weighted by molar-refractivity contribution is 5.79. The predicted molar refractivity (Wildman–Crippen MR) is 157 cm³/mol. The van der Waals surface area contributed by atoms with Gasteiger partial charge in [-0.3, -0.25) is 9.78 Å². The molecule has 2 fully saturated rings. The highest BCUT2D eigenvalue weighted by Gasteiger charge is 2.36. The third kappa shape index (κ3) is 6.10. The van der Waals surface area contributed by atoms with Crippen LogP contribution in [0.1, 0.15) is 67.1 Å². The highest BCUT2D eigenvalue weighted by Crippen LogP contribution is 2.40. The molecule has 2 aromatic heterocycles. The Morgan fingerprint density at radius 1 is 1.07 bits per heavy atom. The summed E-state index contributed by atoms with van der Waals surface area (Å²) in [6.07, 6.45) is 5.48. The van der Waals surface area contributed by atoms with E-state index in [1.54, 1.807) is 4.90 Å². The first-order chi connectivity index (χ1) is 20.3. The first kappa shape index (κ1) is 28.1. The Morgan fingerprint density at radius 2 is 1.88 bits per heavy atom. The summed E-state index contributed by atoms with van der Waals surface area (Å²) in [5.41, 5.74) is 5.34.